The molecular weight excluding hydrogens is 291 g/mol. The molecular formula is C20H27FO2. The van der Waals surface area contributed by atoms with E-state index in [2.05, 4.69) is 13.8 Å². The zero-order valence-electron chi connectivity index (χ0n) is 14.3. The molecule has 0 aromatic heterocycles. The Morgan fingerprint density at radius 3 is 2.61 bits per heavy atom. The van der Waals surface area contributed by atoms with E-state index in [1.807, 2.05) is 13.0 Å². The summed E-state index contributed by atoms with van der Waals surface area (Å²) >= 11 is 0. The van der Waals surface area contributed by atoms with Crippen LogP contribution in [0.1, 0.15) is 52.9 Å². The number of allylic oxidation sites excluding steroid dienone is 4. The maximum Gasteiger partial charge on any atom is 0.178 e. The monoisotopic (exact) mass is 318 g/mol. The summed E-state index contributed by atoms with van der Waals surface area (Å²) in [5, 5.41) is 10.9. The lowest BCUT2D eigenvalue weighted by Gasteiger charge is -2.58. The predicted octanol–water partition coefficient (Wildman–Crippen LogP) is 3.99. The highest BCUT2D eigenvalue weighted by atomic mass is 19.1. The first-order chi connectivity index (χ1) is 10.7. The Labute approximate surface area is 137 Å². The SMILES string of the molecule is C[C@]12C=CC(=O)C=C1[C@@H](F)C[C@@H]1[C@@H]2CC[C@@]2(C)[C@H]1CC[C@]2(C)O. The Kier molecular flexibility index (Phi) is 3.09. The molecule has 3 fully saturated rings. The number of hydrogen-bond donors (Lipinski definition) is 1. The Balaban J connectivity index is 1.75. The molecule has 0 bridgehead atoms. The van der Waals surface area contributed by atoms with E-state index in [1.165, 1.54) is 0 Å². The minimum Gasteiger partial charge on any atom is -0.390 e. The molecule has 4 aliphatic rings. The van der Waals surface area contributed by atoms with Gasteiger partial charge in [0.05, 0.1) is 5.60 Å². The topological polar surface area (TPSA) is 37.3 Å². The lowest BCUT2D eigenvalue weighted by atomic mass is 9.47. The molecule has 0 radical (unpaired) electrons. The van der Waals surface area contributed by atoms with E-state index in [-0.39, 0.29) is 16.6 Å². The van der Waals surface area contributed by atoms with Crippen LogP contribution in [-0.2, 0) is 4.79 Å². The van der Waals surface area contributed by atoms with Crippen LogP contribution < -0.4 is 0 Å². The number of hydrogen-bond acceptors (Lipinski definition) is 2. The van der Waals surface area contributed by atoms with Gasteiger partial charge in [0, 0.05) is 5.41 Å². The number of carbonyl (C=O) groups excluding carboxylic acids is 1. The zero-order chi connectivity index (χ0) is 16.6. The van der Waals surface area contributed by atoms with Crippen LogP contribution in [0.2, 0.25) is 0 Å². The second kappa shape index (κ2) is 4.56. The summed E-state index contributed by atoms with van der Waals surface area (Å²) in [5.41, 5.74) is -0.366. The molecule has 0 amide bonds. The van der Waals surface area contributed by atoms with Crippen LogP contribution in [0.5, 0.6) is 0 Å². The van der Waals surface area contributed by atoms with Crippen molar-refractivity contribution in [2.45, 2.75) is 64.6 Å². The molecule has 7 atom stereocenters. The van der Waals surface area contributed by atoms with Gasteiger partial charge in [0.1, 0.15) is 6.17 Å². The summed E-state index contributed by atoms with van der Waals surface area (Å²) in [4.78, 5) is 11.7. The standard InChI is InChI=1S/C20H27FO2/c1-18-7-4-12(22)10-16(18)17(21)11-13-14(18)5-8-19(2)15(13)6-9-20(19,3)23/h4,7,10,13-15,17,23H,5-6,8-9,11H2,1-3H3/t13-,14+,15+,17+,18-,19+,20+/m1/s1. The Morgan fingerprint density at radius 1 is 1.17 bits per heavy atom. The van der Waals surface area contributed by atoms with Crippen molar-refractivity contribution >= 4 is 5.78 Å². The van der Waals surface area contributed by atoms with Gasteiger partial charge in [-0.15, -0.1) is 0 Å². The Morgan fingerprint density at radius 2 is 1.87 bits per heavy atom. The molecule has 23 heavy (non-hydrogen) atoms. The van der Waals surface area contributed by atoms with Gasteiger partial charge in [0.2, 0.25) is 0 Å². The average Bonchev–Trinajstić information content (AvgIpc) is 2.72. The summed E-state index contributed by atoms with van der Waals surface area (Å²) in [6.07, 6.45) is 8.44. The minimum atomic E-state index is -1.02. The number of alkyl halides is 1. The summed E-state index contributed by atoms with van der Waals surface area (Å²) in [6.45, 7) is 6.29. The lowest BCUT2D eigenvalue weighted by molar-refractivity contribution is -0.118. The molecule has 4 aliphatic carbocycles. The van der Waals surface area contributed by atoms with E-state index in [9.17, 15) is 14.3 Å². The predicted molar refractivity (Wildman–Crippen MR) is 87.5 cm³/mol. The third kappa shape index (κ3) is 1.86. The van der Waals surface area contributed by atoms with Crippen LogP contribution in [0.15, 0.2) is 23.8 Å². The van der Waals surface area contributed by atoms with Gasteiger partial charge >= 0.3 is 0 Å². The maximum atomic E-state index is 15.0. The summed E-state index contributed by atoms with van der Waals surface area (Å²) in [6, 6.07) is 0. The normalized spacial score (nSPS) is 55.0. The summed E-state index contributed by atoms with van der Waals surface area (Å²) in [7, 11) is 0. The minimum absolute atomic E-state index is 0.0805. The quantitative estimate of drug-likeness (QED) is 0.733. The third-order valence-corrected chi connectivity index (χ3v) is 8.10. The highest BCUT2D eigenvalue weighted by Crippen LogP contribution is 2.67. The molecule has 0 spiro atoms. The molecule has 126 valence electrons. The molecule has 3 saturated carbocycles. The van der Waals surface area contributed by atoms with Crippen molar-refractivity contribution < 1.29 is 14.3 Å². The van der Waals surface area contributed by atoms with E-state index >= 15 is 0 Å². The van der Waals surface area contributed by atoms with E-state index in [0.29, 0.717) is 29.7 Å². The number of fused-ring (bicyclic) bond motifs is 5. The highest BCUT2D eigenvalue weighted by Gasteiger charge is 2.63. The molecule has 2 nitrogen and oxygen atoms in total. The zero-order valence-corrected chi connectivity index (χ0v) is 14.3. The van der Waals surface area contributed by atoms with Crippen molar-refractivity contribution in [1.29, 1.82) is 0 Å². The summed E-state index contributed by atoms with van der Waals surface area (Å²) < 4.78 is 15.0. The number of carbonyl (C=O) groups is 1. The van der Waals surface area contributed by atoms with Gasteiger partial charge in [0.25, 0.3) is 0 Å². The van der Waals surface area contributed by atoms with Crippen LogP contribution >= 0.6 is 0 Å². The fourth-order valence-electron chi connectivity index (χ4n) is 6.44. The van der Waals surface area contributed by atoms with E-state index in [1.54, 1.807) is 12.2 Å². The molecule has 3 heteroatoms. The molecule has 0 aliphatic heterocycles. The number of aliphatic hydroxyl groups is 1. The van der Waals surface area contributed by atoms with Crippen LogP contribution in [0, 0.1) is 28.6 Å². The van der Waals surface area contributed by atoms with Crippen LogP contribution in [0.25, 0.3) is 0 Å². The maximum absolute atomic E-state index is 15.0. The van der Waals surface area contributed by atoms with Crippen molar-refractivity contribution in [2.24, 2.45) is 28.6 Å². The molecule has 0 unspecified atom stereocenters. The first-order valence-electron chi connectivity index (χ1n) is 9.01. The van der Waals surface area contributed by atoms with Gasteiger partial charge in [-0.3, -0.25) is 4.79 Å². The molecule has 0 aromatic rings. The second-order valence-electron chi connectivity index (χ2n) is 8.97. The van der Waals surface area contributed by atoms with Crippen LogP contribution in [0.4, 0.5) is 4.39 Å². The van der Waals surface area contributed by atoms with Gasteiger partial charge in [-0.25, -0.2) is 4.39 Å². The van der Waals surface area contributed by atoms with E-state index in [0.717, 1.165) is 25.7 Å². The number of halogens is 1. The molecule has 0 saturated heterocycles. The first kappa shape index (κ1) is 15.6. The van der Waals surface area contributed by atoms with Crippen molar-refractivity contribution in [1.82, 2.24) is 0 Å². The Hall–Kier alpha value is -0.960. The van der Waals surface area contributed by atoms with Gasteiger partial charge in [-0.1, -0.05) is 19.9 Å². The summed E-state index contributed by atoms with van der Waals surface area (Å²) in [5.74, 6) is 0.997. The van der Waals surface area contributed by atoms with Crippen molar-refractivity contribution in [2.75, 3.05) is 0 Å². The molecule has 0 heterocycles. The fourth-order valence-corrected chi connectivity index (χ4v) is 6.44. The fraction of sp³-hybridized carbons (Fsp3) is 0.750. The lowest BCUT2D eigenvalue weighted by Crippen LogP contribution is -2.55. The highest BCUT2D eigenvalue weighted by molar-refractivity contribution is 6.01. The van der Waals surface area contributed by atoms with Gasteiger partial charge in [0.15, 0.2) is 5.78 Å². The molecule has 4 rings (SSSR count). The number of rotatable bonds is 0. The van der Waals surface area contributed by atoms with Crippen molar-refractivity contribution in [3.05, 3.63) is 23.8 Å². The third-order valence-electron chi connectivity index (χ3n) is 8.10. The van der Waals surface area contributed by atoms with Gasteiger partial charge in [-0.05, 0) is 79.9 Å². The Bertz CT molecular complexity index is 619. The van der Waals surface area contributed by atoms with Gasteiger partial charge < -0.3 is 5.11 Å². The van der Waals surface area contributed by atoms with Crippen molar-refractivity contribution in [3.63, 3.8) is 0 Å². The number of ketones is 1. The average molecular weight is 318 g/mol. The molecule has 1 N–H and O–H groups in total. The van der Waals surface area contributed by atoms with E-state index < -0.39 is 11.8 Å². The second-order valence-corrected chi connectivity index (χ2v) is 8.97. The largest absolute Gasteiger partial charge is 0.390 e. The molecule has 0 aromatic carbocycles. The van der Waals surface area contributed by atoms with Gasteiger partial charge in [-0.2, -0.15) is 0 Å². The first-order valence-corrected chi connectivity index (χ1v) is 9.01. The smallest absolute Gasteiger partial charge is 0.178 e. The van der Waals surface area contributed by atoms with Crippen LogP contribution in [-0.4, -0.2) is 22.7 Å². The van der Waals surface area contributed by atoms with E-state index in [4.69, 9.17) is 0 Å². The van der Waals surface area contributed by atoms with Crippen molar-refractivity contribution in [3.8, 4) is 0 Å². The van der Waals surface area contributed by atoms with Crippen LogP contribution in [0.3, 0.4) is 0 Å².